The van der Waals surface area contributed by atoms with Crippen LogP contribution in [-0.4, -0.2) is 37.2 Å². The minimum Gasteiger partial charge on any atom is -0.462 e. The van der Waals surface area contributed by atoms with Gasteiger partial charge in [0.2, 0.25) is 0 Å². The van der Waals surface area contributed by atoms with E-state index in [0.717, 1.165) is 167 Å². The second kappa shape index (κ2) is 59.8. The van der Waals surface area contributed by atoms with E-state index < -0.39 is 6.10 Å². The quantitative estimate of drug-likeness (QED) is 0.0261. The Bertz CT molecular complexity index is 1630. The highest BCUT2D eigenvalue weighted by Gasteiger charge is 2.19. The molecule has 0 heterocycles. The summed E-state index contributed by atoms with van der Waals surface area (Å²) in [5.41, 5.74) is 0. The number of unbranched alkanes of at least 4 members (excludes halogenated alkanes) is 16. The fraction of sp³-hybridized carbons (Fsp3) is 0.597. The van der Waals surface area contributed by atoms with E-state index >= 15 is 0 Å². The van der Waals surface area contributed by atoms with Crippen LogP contribution < -0.4 is 0 Å². The van der Waals surface area contributed by atoms with Crippen molar-refractivity contribution in [3.8, 4) is 0 Å². The van der Waals surface area contributed by atoms with Crippen LogP contribution in [0, 0.1) is 0 Å². The summed E-state index contributed by atoms with van der Waals surface area (Å²) < 4.78 is 16.8. The third kappa shape index (κ3) is 58.1. The summed E-state index contributed by atoms with van der Waals surface area (Å²) >= 11 is 0. The average Bonchev–Trinajstić information content (AvgIpc) is 3.39. The van der Waals surface area contributed by atoms with E-state index in [9.17, 15) is 14.4 Å². The highest BCUT2D eigenvalue weighted by molar-refractivity contribution is 5.71. The van der Waals surface area contributed by atoms with E-state index in [-0.39, 0.29) is 31.1 Å². The second-order valence-corrected chi connectivity index (χ2v) is 18.8. The molecule has 0 spiro atoms. The topological polar surface area (TPSA) is 78.9 Å². The molecule has 1 atom stereocenters. The molecule has 0 aliphatic heterocycles. The number of rotatable bonds is 51. The molecule has 0 aliphatic carbocycles. The molecule has 6 heteroatoms. The van der Waals surface area contributed by atoms with Gasteiger partial charge >= 0.3 is 17.9 Å². The zero-order valence-electron chi connectivity index (χ0n) is 46.8. The molecule has 0 aromatic rings. The lowest BCUT2D eigenvalue weighted by molar-refractivity contribution is -0.167. The third-order valence-electron chi connectivity index (χ3n) is 11.8. The first-order chi connectivity index (χ1) is 36.0. The maximum atomic E-state index is 12.8. The summed E-state index contributed by atoms with van der Waals surface area (Å²) in [4.78, 5) is 38.0. The van der Waals surface area contributed by atoms with Gasteiger partial charge in [-0.25, -0.2) is 0 Å². The van der Waals surface area contributed by atoms with Gasteiger partial charge in [-0.15, -0.1) is 0 Å². The lowest BCUT2D eigenvalue weighted by Gasteiger charge is -2.18. The van der Waals surface area contributed by atoms with Crippen molar-refractivity contribution < 1.29 is 28.6 Å². The molecular weight excluding hydrogens is 901 g/mol. The van der Waals surface area contributed by atoms with Crippen LogP contribution in [0.5, 0.6) is 0 Å². The Morgan fingerprint density at radius 3 is 0.918 bits per heavy atom. The van der Waals surface area contributed by atoms with Gasteiger partial charge in [0, 0.05) is 19.3 Å². The molecule has 0 saturated heterocycles. The normalized spacial score (nSPS) is 13.2. The first kappa shape index (κ1) is 68.3. The lowest BCUT2D eigenvalue weighted by atomic mass is 10.1. The van der Waals surface area contributed by atoms with Crippen molar-refractivity contribution >= 4 is 17.9 Å². The van der Waals surface area contributed by atoms with Gasteiger partial charge in [-0.1, -0.05) is 231 Å². The highest BCUT2D eigenvalue weighted by Crippen LogP contribution is 2.13. The van der Waals surface area contributed by atoms with Crippen molar-refractivity contribution in [2.45, 2.75) is 245 Å². The molecule has 0 amide bonds. The molecule has 410 valence electrons. The largest absolute Gasteiger partial charge is 0.462 e. The van der Waals surface area contributed by atoms with Gasteiger partial charge in [0.25, 0.3) is 0 Å². The number of ether oxygens (including phenoxy) is 3. The summed E-state index contributed by atoms with van der Waals surface area (Å²) in [6.07, 6.45) is 85.6. The number of carbonyl (C=O) groups is 3. The van der Waals surface area contributed by atoms with E-state index in [0.29, 0.717) is 19.3 Å². The van der Waals surface area contributed by atoms with Crippen molar-refractivity contribution in [1.29, 1.82) is 0 Å². The summed E-state index contributed by atoms with van der Waals surface area (Å²) in [6.45, 7) is 6.36. The molecule has 0 bridgehead atoms. The summed E-state index contributed by atoms with van der Waals surface area (Å²) in [7, 11) is 0. The molecule has 0 radical (unpaired) electrons. The Hall–Kier alpha value is -4.71. The van der Waals surface area contributed by atoms with Gasteiger partial charge in [-0.05, 0) is 135 Å². The smallest absolute Gasteiger partial charge is 0.306 e. The number of hydrogen-bond acceptors (Lipinski definition) is 6. The Morgan fingerprint density at radius 1 is 0.288 bits per heavy atom. The van der Waals surface area contributed by atoms with Gasteiger partial charge in [0.05, 0.1) is 0 Å². The molecule has 0 aromatic heterocycles. The molecule has 1 unspecified atom stereocenters. The van der Waals surface area contributed by atoms with E-state index in [4.69, 9.17) is 14.2 Å². The SMILES string of the molecule is CC/C=C\C/C=C\C/C=C\C/C=C\C/C=C\C/C=C\C/C=C\C/C=C\C/C=C\CCCCCC(=O)OCC(COC(=O)CCCCCCC/C=C\CCCC)OC(=O)CCCCCCC/C=C\C/C=C\CCC. The van der Waals surface area contributed by atoms with Crippen LogP contribution in [0.25, 0.3) is 0 Å². The van der Waals surface area contributed by atoms with Crippen molar-refractivity contribution in [3.63, 3.8) is 0 Å². The molecule has 0 rings (SSSR count). The van der Waals surface area contributed by atoms with Crippen molar-refractivity contribution in [2.75, 3.05) is 13.2 Å². The molecule has 73 heavy (non-hydrogen) atoms. The number of carbonyl (C=O) groups excluding carboxylic acids is 3. The predicted molar refractivity (Wildman–Crippen MR) is 315 cm³/mol. The van der Waals surface area contributed by atoms with E-state index in [1.54, 1.807) is 0 Å². The van der Waals surface area contributed by atoms with Crippen molar-refractivity contribution in [3.05, 3.63) is 146 Å². The second-order valence-electron chi connectivity index (χ2n) is 18.8. The minimum atomic E-state index is -0.807. The fourth-order valence-electron chi connectivity index (χ4n) is 7.39. The number of allylic oxidation sites excluding steroid dienone is 24. The molecule has 0 aliphatic rings. The van der Waals surface area contributed by atoms with Crippen LogP contribution in [0.3, 0.4) is 0 Å². The van der Waals surface area contributed by atoms with Crippen molar-refractivity contribution in [2.24, 2.45) is 0 Å². The lowest BCUT2D eigenvalue weighted by Crippen LogP contribution is -2.30. The van der Waals surface area contributed by atoms with Crippen LogP contribution in [0.4, 0.5) is 0 Å². The first-order valence-electron chi connectivity index (χ1n) is 29.3. The van der Waals surface area contributed by atoms with Crippen LogP contribution in [0.2, 0.25) is 0 Å². The molecule has 0 N–H and O–H groups in total. The van der Waals surface area contributed by atoms with Crippen LogP contribution in [0.1, 0.15) is 239 Å². The van der Waals surface area contributed by atoms with E-state index in [1.807, 2.05) is 0 Å². The molecule has 0 saturated carbocycles. The molecule has 0 fully saturated rings. The molecule has 6 nitrogen and oxygen atoms in total. The monoisotopic (exact) mass is 1010 g/mol. The molecule has 0 aromatic carbocycles. The Balaban J connectivity index is 4.35. The van der Waals surface area contributed by atoms with Gasteiger partial charge in [-0.2, -0.15) is 0 Å². The zero-order chi connectivity index (χ0) is 52.9. The summed E-state index contributed by atoms with van der Waals surface area (Å²) in [5.74, 6) is -0.970. The Morgan fingerprint density at radius 2 is 0.562 bits per heavy atom. The summed E-state index contributed by atoms with van der Waals surface area (Å²) in [6, 6.07) is 0. The third-order valence-corrected chi connectivity index (χ3v) is 11.8. The summed E-state index contributed by atoms with van der Waals surface area (Å²) in [5, 5.41) is 0. The van der Waals surface area contributed by atoms with E-state index in [1.165, 1.54) is 32.1 Å². The fourth-order valence-corrected chi connectivity index (χ4v) is 7.39. The van der Waals surface area contributed by atoms with Gasteiger partial charge in [-0.3, -0.25) is 14.4 Å². The molecular formula is C67H106O6. The first-order valence-corrected chi connectivity index (χ1v) is 29.3. The van der Waals surface area contributed by atoms with Crippen LogP contribution in [-0.2, 0) is 28.6 Å². The van der Waals surface area contributed by atoms with Gasteiger partial charge < -0.3 is 14.2 Å². The Kier molecular flexibility index (Phi) is 56.0. The number of hydrogen-bond donors (Lipinski definition) is 0. The maximum Gasteiger partial charge on any atom is 0.306 e. The van der Waals surface area contributed by atoms with Gasteiger partial charge in [0.15, 0.2) is 6.10 Å². The number of esters is 3. The van der Waals surface area contributed by atoms with Crippen LogP contribution >= 0.6 is 0 Å². The van der Waals surface area contributed by atoms with E-state index in [2.05, 4.69) is 167 Å². The standard InChI is InChI=1S/C67H106O6/c1-4-7-10-13-16-19-22-24-25-26-27-28-29-30-31-32-33-34-35-36-37-38-39-40-41-43-45-48-51-54-57-60-66(69)72-63-64(62-71-65(68)59-56-53-50-47-44-21-18-15-12-9-6-3)73-67(70)61-58-55-52-49-46-42-23-20-17-14-11-8-5-2/h7,10-11,14-16,18-20,23-25,27-28,30-31,33-34,36-37,39-40,43,45,64H,4-6,8-9,12-13,17,21-22,26,29,32,35,38,41-42,44,46-63H2,1-3H3/b10-7-,14-11-,18-15-,19-16-,23-20-,25-24-,28-27-,31-30-,34-33-,37-36-,40-39-,45-43-. The highest BCUT2D eigenvalue weighted by atomic mass is 16.6. The van der Waals surface area contributed by atoms with Crippen molar-refractivity contribution in [1.82, 2.24) is 0 Å². The zero-order valence-corrected chi connectivity index (χ0v) is 46.8. The average molecular weight is 1010 g/mol. The predicted octanol–water partition coefficient (Wildman–Crippen LogP) is 20.0. The Labute approximate surface area is 448 Å². The van der Waals surface area contributed by atoms with Crippen LogP contribution in [0.15, 0.2) is 146 Å². The minimum absolute atomic E-state index is 0.104. The maximum absolute atomic E-state index is 12.8. The van der Waals surface area contributed by atoms with Gasteiger partial charge in [0.1, 0.15) is 13.2 Å².